The number of hydrogen-bond donors (Lipinski definition) is 1. The minimum Gasteiger partial charge on any atom is -0.441 e. The second-order valence-electron chi connectivity index (χ2n) is 8.41. The van der Waals surface area contributed by atoms with Crippen molar-refractivity contribution in [1.82, 2.24) is 10.3 Å². The number of nitrogens with one attached hydrogen (secondary N) is 1. The van der Waals surface area contributed by atoms with Crippen LogP contribution in [0.4, 0.5) is 4.79 Å². The Morgan fingerprint density at radius 2 is 1.79 bits per heavy atom. The van der Waals surface area contributed by atoms with Gasteiger partial charge in [0, 0.05) is 12.0 Å². The third-order valence-electron chi connectivity index (χ3n) is 5.31. The molecule has 150 valence electrons. The molecular weight excluding hydrogens is 364 g/mol. The summed E-state index contributed by atoms with van der Waals surface area (Å²) >= 11 is 0. The van der Waals surface area contributed by atoms with Gasteiger partial charge in [-0.1, -0.05) is 62.4 Å². The number of carbonyl (C=O) groups excluding carboxylic acids is 1. The molecule has 5 heteroatoms. The summed E-state index contributed by atoms with van der Waals surface area (Å²) in [6.45, 7) is 6.25. The van der Waals surface area contributed by atoms with Gasteiger partial charge < -0.3 is 14.5 Å². The maximum absolute atomic E-state index is 12.6. The number of aromatic nitrogens is 1. The van der Waals surface area contributed by atoms with E-state index in [4.69, 9.17) is 9.15 Å². The van der Waals surface area contributed by atoms with E-state index in [9.17, 15) is 4.79 Å². The second-order valence-corrected chi connectivity index (χ2v) is 8.41. The lowest BCUT2D eigenvalue weighted by Gasteiger charge is -2.33. The first-order valence-corrected chi connectivity index (χ1v) is 9.98. The van der Waals surface area contributed by atoms with Crippen LogP contribution in [-0.2, 0) is 11.2 Å². The number of rotatable bonds is 4. The van der Waals surface area contributed by atoms with Gasteiger partial charge in [0.15, 0.2) is 0 Å². The number of alkyl carbamates (subject to hydrolysis) is 1. The van der Waals surface area contributed by atoms with Gasteiger partial charge in [-0.2, -0.15) is 0 Å². The molecule has 3 aromatic rings. The third kappa shape index (κ3) is 4.34. The fourth-order valence-electron chi connectivity index (χ4n) is 3.81. The zero-order valence-corrected chi connectivity index (χ0v) is 17.0. The van der Waals surface area contributed by atoms with E-state index in [1.54, 1.807) is 0 Å². The van der Waals surface area contributed by atoms with E-state index in [1.807, 2.05) is 67.6 Å². The molecule has 1 N–H and O–H groups in total. The van der Waals surface area contributed by atoms with E-state index in [0.29, 0.717) is 12.3 Å². The zero-order chi connectivity index (χ0) is 20.4. The lowest BCUT2D eigenvalue weighted by Crippen LogP contribution is -2.33. The number of oxazole rings is 1. The lowest BCUT2D eigenvalue weighted by atomic mass is 9.77. The molecule has 4 rings (SSSR count). The molecule has 1 aliphatic rings. The van der Waals surface area contributed by atoms with Gasteiger partial charge in [0.25, 0.3) is 0 Å². The van der Waals surface area contributed by atoms with Gasteiger partial charge in [-0.25, -0.2) is 9.78 Å². The highest BCUT2D eigenvalue weighted by atomic mass is 16.6. The first-order chi connectivity index (χ1) is 13.9. The van der Waals surface area contributed by atoms with Gasteiger partial charge in [0.05, 0.1) is 6.04 Å². The standard InChI is InChI=1S/C24H26N2O3/c1-16(17-10-6-4-7-11-17)25-23(27)29-20-15-24(2,3)14-19-21(20)26-22(28-19)18-12-8-5-9-13-18/h4-13,16,20H,14-15H2,1-3H3,(H,25,27)/t16-,20-/m0/s1. The molecule has 0 saturated carbocycles. The van der Waals surface area contributed by atoms with Crippen LogP contribution in [-0.4, -0.2) is 11.1 Å². The Bertz CT molecular complexity index is 980. The molecule has 1 amide bonds. The predicted octanol–water partition coefficient (Wildman–Crippen LogP) is 5.84. The van der Waals surface area contributed by atoms with Crippen molar-refractivity contribution in [2.75, 3.05) is 0 Å². The topological polar surface area (TPSA) is 64.4 Å². The number of fused-ring (bicyclic) bond motifs is 1. The average molecular weight is 390 g/mol. The van der Waals surface area contributed by atoms with Crippen molar-refractivity contribution in [2.45, 2.75) is 45.8 Å². The highest BCUT2D eigenvalue weighted by Gasteiger charge is 2.38. The van der Waals surface area contributed by atoms with E-state index in [-0.39, 0.29) is 11.5 Å². The molecule has 2 aromatic carbocycles. The van der Waals surface area contributed by atoms with Crippen LogP contribution in [0.3, 0.4) is 0 Å². The molecule has 0 unspecified atom stereocenters. The lowest BCUT2D eigenvalue weighted by molar-refractivity contribution is 0.0521. The summed E-state index contributed by atoms with van der Waals surface area (Å²) in [5.41, 5.74) is 2.63. The van der Waals surface area contributed by atoms with Gasteiger partial charge >= 0.3 is 6.09 Å². The normalized spacial score (nSPS) is 18.5. The van der Waals surface area contributed by atoms with Crippen LogP contribution in [0.2, 0.25) is 0 Å². The second kappa shape index (κ2) is 7.74. The molecule has 1 aliphatic carbocycles. The Hall–Kier alpha value is -3.08. The molecule has 0 aliphatic heterocycles. The largest absolute Gasteiger partial charge is 0.441 e. The van der Waals surface area contributed by atoms with Crippen LogP contribution in [0.5, 0.6) is 0 Å². The zero-order valence-electron chi connectivity index (χ0n) is 17.0. The molecule has 0 radical (unpaired) electrons. The maximum atomic E-state index is 12.6. The summed E-state index contributed by atoms with van der Waals surface area (Å²) < 4.78 is 11.9. The Morgan fingerprint density at radius 3 is 2.48 bits per heavy atom. The fourth-order valence-corrected chi connectivity index (χ4v) is 3.81. The molecule has 2 atom stereocenters. The summed E-state index contributed by atoms with van der Waals surface area (Å²) in [5.74, 6) is 1.37. The van der Waals surface area contributed by atoms with Crippen molar-refractivity contribution in [3.63, 3.8) is 0 Å². The Balaban J connectivity index is 1.53. The number of amides is 1. The number of nitrogens with zero attached hydrogens (tertiary/aromatic N) is 1. The average Bonchev–Trinajstić information content (AvgIpc) is 3.12. The summed E-state index contributed by atoms with van der Waals surface area (Å²) in [7, 11) is 0. The Labute approximate surface area is 171 Å². The molecule has 29 heavy (non-hydrogen) atoms. The van der Waals surface area contributed by atoms with Crippen LogP contribution in [0.1, 0.15) is 56.4 Å². The molecule has 1 heterocycles. The number of benzene rings is 2. The van der Waals surface area contributed by atoms with Crippen LogP contribution in [0.15, 0.2) is 65.1 Å². The molecule has 0 fully saturated rings. The summed E-state index contributed by atoms with van der Waals surface area (Å²) in [6.07, 6.45) is 0.593. The van der Waals surface area contributed by atoms with E-state index in [0.717, 1.165) is 29.0 Å². The Kier molecular flexibility index (Phi) is 5.14. The monoisotopic (exact) mass is 390 g/mol. The van der Waals surface area contributed by atoms with E-state index in [1.165, 1.54) is 0 Å². The van der Waals surface area contributed by atoms with E-state index in [2.05, 4.69) is 24.1 Å². The minimum atomic E-state index is -0.445. The Morgan fingerprint density at radius 1 is 1.14 bits per heavy atom. The first kappa shape index (κ1) is 19.2. The maximum Gasteiger partial charge on any atom is 0.408 e. The molecule has 5 nitrogen and oxygen atoms in total. The summed E-state index contributed by atoms with van der Waals surface area (Å²) in [5, 5.41) is 2.92. The van der Waals surface area contributed by atoms with Crippen LogP contribution < -0.4 is 5.32 Å². The fraction of sp³-hybridized carbons (Fsp3) is 0.333. The van der Waals surface area contributed by atoms with Crippen molar-refractivity contribution in [2.24, 2.45) is 5.41 Å². The summed E-state index contributed by atoms with van der Waals surface area (Å²) in [4.78, 5) is 17.3. The quantitative estimate of drug-likeness (QED) is 0.607. The van der Waals surface area contributed by atoms with Crippen molar-refractivity contribution < 1.29 is 13.9 Å². The number of carbonyl (C=O) groups is 1. The van der Waals surface area contributed by atoms with Gasteiger partial charge in [-0.15, -0.1) is 0 Å². The van der Waals surface area contributed by atoms with Gasteiger partial charge in [0.2, 0.25) is 5.89 Å². The molecular formula is C24H26N2O3. The smallest absolute Gasteiger partial charge is 0.408 e. The van der Waals surface area contributed by atoms with Crippen molar-refractivity contribution in [3.8, 4) is 11.5 Å². The first-order valence-electron chi connectivity index (χ1n) is 9.98. The highest BCUT2D eigenvalue weighted by molar-refractivity contribution is 5.68. The number of ether oxygens (including phenoxy) is 1. The SMILES string of the molecule is C[C@H](NC(=O)O[C@H]1CC(C)(C)Cc2oc(-c3ccccc3)nc21)c1ccccc1. The van der Waals surface area contributed by atoms with Crippen LogP contribution in [0, 0.1) is 5.41 Å². The predicted molar refractivity (Wildman–Crippen MR) is 111 cm³/mol. The minimum absolute atomic E-state index is 0.0452. The van der Waals surface area contributed by atoms with Crippen molar-refractivity contribution >= 4 is 6.09 Å². The third-order valence-corrected chi connectivity index (χ3v) is 5.31. The number of hydrogen-bond acceptors (Lipinski definition) is 4. The molecule has 1 aromatic heterocycles. The molecule has 0 spiro atoms. The van der Waals surface area contributed by atoms with Gasteiger partial charge in [-0.3, -0.25) is 0 Å². The van der Waals surface area contributed by atoms with Crippen LogP contribution in [0.25, 0.3) is 11.5 Å². The highest BCUT2D eigenvalue weighted by Crippen LogP contribution is 2.43. The van der Waals surface area contributed by atoms with E-state index >= 15 is 0 Å². The van der Waals surface area contributed by atoms with Crippen LogP contribution >= 0.6 is 0 Å². The van der Waals surface area contributed by atoms with Gasteiger partial charge in [0.1, 0.15) is 17.6 Å². The van der Waals surface area contributed by atoms with E-state index < -0.39 is 12.2 Å². The van der Waals surface area contributed by atoms with Gasteiger partial charge in [-0.05, 0) is 36.5 Å². The molecule has 0 bridgehead atoms. The van der Waals surface area contributed by atoms with Crippen molar-refractivity contribution in [3.05, 3.63) is 77.7 Å². The van der Waals surface area contributed by atoms with Crippen molar-refractivity contribution in [1.29, 1.82) is 0 Å². The summed E-state index contributed by atoms with van der Waals surface area (Å²) in [6, 6.07) is 19.5. The molecule has 0 saturated heterocycles.